The second-order valence-corrected chi connectivity index (χ2v) is 3.45. The highest BCUT2D eigenvalue weighted by molar-refractivity contribution is 5.87. The van der Waals surface area contributed by atoms with Gasteiger partial charge in [-0.25, -0.2) is 0 Å². The van der Waals surface area contributed by atoms with E-state index in [0.717, 1.165) is 4.90 Å². The van der Waals surface area contributed by atoms with Crippen molar-refractivity contribution in [2.45, 2.75) is 24.9 Å². The number of amides is 1. The van der Waals surface area contributed by atoms with Crippen molar-refractivity contribution in [2.24, 2.45) is 5.73 Å². The molecule has 1 aliphatic rings. The zero-order chi connectivity index (χ0) is 11.6. The summed E-state index contributed by atoms with van der Waals surface area (Å²) in [7, 11) is 0. The van der Waals surface area contributed by atoms with Crippen LogP contribution in [0.2, 0.25) is 0 Å². The molecule has 1 rings (SSSR count). The summed E-state index contributed by atoms with van der Waals surface area (Å²) in [4.78, 5) is 32.9. The molecule has 0 spiro atoms. The van der Waals surface area contributed by atoms with Gasteiger partial charge < -0.3 is 20.8 Å². The van der Waals surface area contributed by atoms with Gasteiger partial charge >= 0.3 is 11.9 Å². The molecule has 0 aromatic rings. The van der Waals surface area contributed by atoms with Gasteiger partial charge in [0.15, 0.2) is 0 Å². The van der Waals surface area contributed by atoms with Gasteiger partial charge in [0.25, 0.3) is 0 Å². The lowest BCUT2D eigenvalue weighted by Crippen LogP contribution is -2.56. The minimum absolute atomic E-state index is 0.0916. The molecule has 0 saturated carbocycles. The zero-order valence-electron chi connectivity index (χ0n) is 7.92. The zero-order valence-corrected chi connectivity index (χ0v) is 7.92. The molecule has 2 atom stereocenters. The molecule has 0 aliphatic carbocycles. The number of carbonyl (C=O) groups is 3. The third kappa shape index (κ3) is 2.66. The number of carbonyl (C=O) groups excluding carboxylic acids is 1. The van der Waals surface area contributed by atoms with Crippen LogP contribution in [0.3, 0.4) is 0 Å². The molecule has 1 heterocycles. The number of carboxylic acid groups (broad SMARTS) is 2. The van der Waals surface area contributed by atoms with E-state index in [2.05, 4.69) is 0 Å². The molecule has 1 amide bonds. The summed E-state index contributed by atoms with van der Waals surface area (Å²) in [5.41, 5.74) is 5.28. The van der Waals surface area contributed by atoms with E-state index < -0.39 is 24.5 Å². The van der Waals surface area contributed by atoms with Gasteiger partial charge in [-0.15, -0.1) is 0 Å². The van der Waals surface area contributed by atoms with Gasteiger partial charge in [0, 0.05) is 12.5 Å². The molecule has 0 aromatic carbocycles. The number of hydrogen-bond donors (Lipinski definition) is 3. The van der Waals surface area contributed by atoms with Gasteiger partial charge in [0.05, 0.1) is 0 Å². The molecule has 4 N–H and O–H groups in total. The summed E-state index contributed by atoms with van der Waals surface area (Å²) in [6.45, 7) is -0.393. The van der Waals surface area contributed by atoms with E-state index in [0.29, 0.717) is 0 Å². The van der Waals surface area contributed by atoms with Crippen LogP contribution in [0.15, 0.2) is 0 Å². The third-order valence-electron chi connectivity index (χ3n) is 2.32. The van der Waals surface area contributed by atoms with E-state index >= 15 is 0 Å². The first-order valence-electron chi connectivity index (χ1n) is 4.41. The van der Waals surface area contributed by atoms with Crippen LogP contribution < -0.4 is 5.73 Å². The average Bonchev–Trinajstić information content (AvgIpc) is 2.13. The Labute approximate surface area is 85.5 Å². The maximum absolute atomic E-state index is 11.0. The summed E-state index contributed by atoms with van der Waals surface area (Å²) >= 11 is 0. The Morgan fingerprint density at radius 2 is 2.13 bits per heavy atom. The van der Waals surface area contributed by atoms with Crippen molar-refractivity contribution in [2.75, 3.05) is 6.54 Å². The molecule has 84 valence electrons. The third-order valence-corrected chi connectivity index (χ3v) is 2.32. The highest BCUT2D eigenvalue weighted by atomic mass is 16.4. The maximum Gasteiger partial charge on any atom is 0.323 e. The molecule has 0 aromatic heterocycles. The molecule has 1 fully saturated rings. The quantitative estimate of drug-likeness (QED) is 0.479. The van der Waals surface area contributed by atoms with E-state index in [4.69, 9.17) is 15.9 Å². The predicted octanol–water partition coefficient (Wildman–Crippen LogP) is -1.53. The van der Waals surface area contributed by atoms with Crippen molar-refractivity contribution in [1.82, 2.24) is 4.90 Å². The van der Waals surface area contributed by atoms with Crippen LogP contribution >= 0.6 is 0 Å². The van der Waals surface area contributed by atoms with Crippen LogP contribution in [0.25, 0.3) is 0 Å². The van der Waals surface area contributed by atoms with Crippen molar-refractivity contribution in [3.05, 3.63) is 0 Å². The van der Waals surface area contributed by atoms with Gasteiger partial charge in [-0.2, -0.15) is 0 Å². The highest BCUT2D eigenvalue weighted by Crippen LogP contribution is 2.22. The van der Waals surface area contributed by atoms with E-state index in [1.807, 2.05) is 0 Å². The lowest BCUT2D eigenvalue weighted by molar-refractivity contribution is -0.156. The number of β-lactam (4-membered cyclic amide) rings is 1. The fourth-order valence-electron chi connectivity index (χ4n) is 1.49. The molecule has 0 bridgehead atoms. The average molecular weight is 216 g/mol. The van der Waals surface area contributed by atoms with Crippen LogP contribution in [-0.2, 0) is 14.4 Å². The molecule has 2 unspecified atom stereocenters. The van der Waals surface area contributed by atoms with Crippen molar-refractivity contribution >= 4 is 17.8 Å². The summed E-state index contributed by atoms with van der Waals surface area (Å²) in [5.74, 6) is -2.54. The largest absolute Gasteiger partial charge is 0.480 e. The molecule has 1 saturated heterocycles. The maximum atomic E-state index is 11.0. The summed E-state index contributed by atoms with van der Waals surface area (Å²) in [6, 6.07) is -1.42. The van der Waals surface area contributed by atoms with Crippen LogP contribution in [0.4, 0.5) is 0 Å². The van der Waals surface area contributed by atoms with Gasteiger partial charge in [-0.3, -0.25) is 14.4 Å². The Morgan fingerprint density at radius 3 is 2.53 bits per heavy atom. The second kappa shape index (κ2) is 4.26. The summed E-state index contributed by atoms with van der Waals surface area (Å²) < 4.78 is 0. The van der Waals surface area contributed by atoms with Crippen LogP contribution in [0, 0.1) is 0 Å². The lowest BCUT2D eigenvalue weighted by atomic mass is 9.95. The molecular formula is C8H12N2O5. The molecule has 15 heavy (non-hydrogen) atoms. The van der Waals surface area contributed by atoms with E-state index in [1.54, 1.807) is 0 Å². The minimum Gasteiger partial charge on any atom is -0.480 e. The second-order valence-electron chi connectivity index (χ2n) is 3.45. The SMILES string of the molecule is NC(CC1CC(=O)N1CC(=O)O)C(=O)O. The summed E-state index contributed by atoms with van der Waals surface area (Å²) in [5, 5.41) is 17.0. The Morgan fingerprint density at radius 1 is 1.53 bits per heavy atom. The number of aliphatic carboxylic acids is 2. The minimum atomic E-state index is -1.15. The molecule has 7 nitrogen and oxygen atoms in total. The Bertz CT molecular complexity index is 303. The fraction of sp³-hybridized carbons (Fsp3) is 0.625. The topological polar surface area (TPSA) is 121 Å². The molecule has 7 heteroatoms. The number of nitrogens with zero attached hydrogens (tertiary/aromatic N) is 1. The molecule has 0 radical (unpaired) electrons. The number of likely N-dealkylation sites (tertiary alicyclic amines) is 1. The fourth-order valence-corrected chi connectivity index (χ4v) is 1.49. The van der Waals surface area contributed by atoms with Gasteiger partial charge in [-0.05, 0) is 6.42 Å². The number of carboxylic acids is 2. The first-order valence-corrected chi connectivity index (χ1v) is 4.41. The summed E-state index contributed by atoms with van der Waals surface area (Å²) in [6.07, 6.45) is 0.266. The Hall–Kier alpha value is -1.63. The Kier molecular flexibility index (Phi) is 3.25. The predicted molar refractivity (Wildman–Crippen MR) is 48.0 cm³/mol. The van der Waals surface area contributed by atoms with Gasteiger partial charge in [-0.1, -0.05) is 0 Å². The van der Waals surface area contributed by atoms with E-state index in [9.17, 15) is 14.4 Å². The number of nitrogens with two attached hydrogens (primary N) is 1. The van der Waals surface area contributed by atoms with E-state index in [-0.39, 0.29) is 24.8 Å². The van der Waals surface area contributed by atoms with Crippen molar-refractivity contribution in [3.8, 4) is 0 Å². The van der Waals surface area contributed by atoms with Crippen molar-refractivity contribution in [3.63, 3.8) is 0 Å². The van der Waals surface area contributed by atoms with Crippen LogP contribution in [0.5, 0.6) is 0 Å². The smallest absolute Gasteiger partial charge is 0.323 e. The lowest BCUT2D eigenvalue weighted by Gasteiger charge is -2.40. The van der Waals surface area contributed by atoms with Crippen LogP contribution in [-0.4, -0.2) is 51.6 Å². The van der Waals surface area contributed by atoms with Crippen molar-refractivity contribution in [1.29, 1.82) is 0 Å². The number of rotatable bonds is 5. The van der Waals surface area contributed by atoms with Crippen molar-refractivity contribution < 1.29 is 24.6 Å². The van der Waals surface area contributed by atoms with Crippen LogP contribution in [0.1, 0.15) is 12.8 Å². The number of hydrogen-bond acceptors (Lipinski definition) is 4. The van der Waals surface area contributed by atoms with Gasteiger partial charge in [0.2, 0.25) is 5.91 Å². The monoisotopic (exact) mass is 216 g/mol. The normalized spacial score (nSPS) is 22.1. The molecular weight excluding hydrogens is 204 g/mol. The first kappa shape index (κ1) is 11.4. The standard InChI is InChI=1S/C8H12N2O5/c9-5(8(14)15)1-4-2-6(11)10(4)3-7(12)13/h4-5H,1-3,9H2,(H,12,13)(H,14,15). The van der Waals surface area contributed by atoms with E-state index in [1.165, 1.54) is 0 Å². The van der Waals surface area contributed by atoms with Gasteiger partial charge in [0.1, 0.15) is 12.6 Å². The Balaban J connectivity index is 2.47. The molecule has 1 aliphatic heterocycles. The first-order chi connectivity index (χ1) is 6.91. The highest BCUT2D eigenvalue weighted by Gasteiger charge is 2.38.